The molecule has 0 fully saturated rings. The Kier molecular flexibility index (Phi) is 3.55. The minimum absolute atomic E-state index is 0.474. The minimum atomic E-state index is -4.89. The molecule has 0 aliphatic heterocycles. The van der Waals surface area contributed by atoms with Crippen LogP contribution in [0.1, 0.15) is 15.9 Å². The van der Waals surface area contributed by atoms with Crippen molar-refractivity contribution >= 4 is 22.3 Å². The predicted molar refractivity (Wildman–Crippen MR) is 56.0 cm³/mol. The van der Waals surface area contributed by atoms with Crippen LogP contribution in [-0.2, 0) is 14.9 Å². The molecule has 9 nitrogen and oxygen atoms in total. The fraction of sp³-hybridized carbons (Fsp3) is 0. The van der Waals surface area contributed by atoms with Crippen molar-refractivity contribution in [3.05, 3.63) is 17.2 Å². The predicted octanol–water partition coefficient (Wildman–Crippen LogP) is -1.59. The number of nitrogens with one attached hydrogen (secondary N) is 1. The number of aromatic hydroxyl groups is 2. The molecule has 0 unspecified atom stereocenters. The number of carbonyl (C=O) groups is 1. The number of hydrogen-bond acceptors (Lipinski definition) is 7. The van der Waals surface area contributed by atoms with E-state index in [2.05, 4.69) is 0 Å². The molecule has 0 atom stereocenters. The Morgan fingerprint density at radius 2 is 1.89 bits per heavy atom. The molecule has 0 saturated heterocycles. The summed E-state index contributed by atoms with van der Waals surface area (Å²) in [5.41, 5.74) is 0.121. The Morgan fingerprint density at radius 3 is 2.28 bits per heavy atom. The molecular formula is C8H7N2O7S. The van der Waals surface area contributed by atoms with Gasteiger partial charge in [0.05, 0.1) is 5.56 Å². The number of nitrogen functional groups attached to an aromatic ring is 1. The van der Waals surface area contributed by atoms with Crippen LogP contribution >= 0.6 is 0 Å². The van der Waals surface area contributed by atoms with E-state index in [1.54, 1.807) is 5.43 Å². The fourth-order valence-electron chi connectivity index (χ4n) is 1.21. The normalized spacial score (nSPS) is 11.0. The molecule has 0 bridgehead atoms. The van der Waals surface area contributed by atoms with Gasteiger partial charge in [-0.15, -0.1) is 0 Å². The van der Waals surface area contributed by atoms with E-state index in [1.807, 2.05) is 0 Å². The number of hydrogen-bond donors (Lipinski definition) is 5. The quantitative estimate of drug-likeness (QED) is 0.144. The van der Waals surface area contributed by atoms with Gasteiger partial charge >= 0.3 is 0 Å². The lowest BCUT2D eigenvalue weighted by Crippen LogP contribution is -2.31. The van der Waals surface area contributed by atoms with Crippen molar-refractivity contribution in [3.8, 4) is 11.5 Å². The molecule has 6 N–H and O–H groups in total. The van der Waals surface area contributed by atoms with Crippen LogP contribution in [0.4, 0.5) is 0 Å². The van der Waals surface area contributed by atoms with Gasteiger partial charge in [-0.3, -0.25) is 19.6 Å². The second-order valence-electron chi connectivity index (χ2n) is 3.05. The Labute approximate surface area is 101 Å². The van der Waals surface area contributed by atoms with E-state index in [9.17, 15) is 28.2 Å². The first kappa shape index (κ1) is 13.9. The standard InChI is InChI=1S/C8H7N2O7S/c9-10-8(14)5-3(2-11)1-4(18(15,16)17)6(12)7(5)13/h1,12-13H,9H2,(H,10,14)(H,15,16,17). The van der Waals surface area contributed by atoms with E-state index < -0.39 is 43.5 Å². The second-order valence-corrected chi connectivity index (χ2v) is 4.44. The van der Waals surface area contributed by atoms with Crippen molar-refractivity contribution in [1.29, 1.82) is 0 Å². The summed E-state index contributed by atoms with van der Waals surface area (Å²) < 4.78 is 30.5. The lowest BCUT2D eigenvalue weighted by molar-refractivity contribution is 0.0949. The monoisotopic (exact) mass is 275 g/mol. The number of hydrazine groups is 1. The minimum Gasteiger partial charge on any atom is -0.504 e. The topological polar surface area (TPSA) is 167 Å². The molecule has 0 heterocycles. The Morgan fingerprint density at radius 1 is 1.33 bits per heavy atom. The van der Waals surface area contributed by atoms with Gasteiger partial charge in [0.25, 0.3) is 16.0 Å². The molecule has 0 aliphatic carbocycles. The zero-order chi connectivity index (χ0) is 14.1. The number of rotatable bonds is 3. The van der Waals surface area contributed by atoms with Gasteiger partial charge in [0.2, 0.25) is 6.29 Å². The summed E-state index contributed by atoms with van der Waals surface area (Å²) in [7, 11) is -4.89. The van der Waals surface area contributed by atoms with E-state index in [4.69, 9.17) is 10.4 Å². The summed E-state index contributed by atoms with van der Waals surface area (Å²) in [5, 5.41) is 18.8. The highest BCUT2D eigenvalue weighted by Crippen LogP contribution is 2.37. The smallest absolute Gasteiger partial charge is 0.298 e. The first-order valence-electron chi connectivity index (χ1n) is 4.19. The van der Waals surface area contributed by atoms with Gasteiger partial charge in [-0.25, -0.2) is 5.84 Å². The third-order valence-corrected chi connectivity index (χ3v) is 2.85. The summed E-state index contributed by atoms with van der Waals surface area (Å²) in [6.45, 7) is 0. The lowest BCUT2D eigenvalue weighted by Gasteiger charge is -2.10. The van der Waals surface area contributed by atoms with Crippen LogP contribution < -0.4 is 11.3 Å². The maximum Gasteiger partial charge on any atom is 0.298 e. The van der Waals surface area contributed by atoms with Gasteiger partial charge in [0, 0.05) is 5.56 Å². The SMILES string of the molecule is NNC(=O)c1c([C]=O)cc(S(=O)(=O)O)c(O)c1O. The number of benzene rings is 1. The third kappa shape index (κ3) is 2.25. The maximum atomic E-state index is 11.2. The molecule has 1 radical (unpaired) electrons. The molecule has 18 heavy (non-hydrogen) atoms. The van der Waals surface area contributed by atoms with Crippen LogP contribution in [0.3, 0.4) is 0 Å². The Hall–Kier alpha value is -2.17. The number of phenols is 2. The molecule has 10 heteroatoms. The largest absolute Gasteiger partial charge is 0.504 e. The van der Waals surface area contributed by atoms with Crippen LogP contribution in [0, 0.1) is 0 Å². The molecule has 0 spiro atoms. The molecule has 0 aromatic heterocycles. The van der Waals surface area contributed by atoms with Crippen LogP contribution in [-0.4, -0.2) is 35.4 Å². The van der Waals surface area contributed by atoms with E-state index in [0.29, 0.717) is 6.07 Å². The number of amides is 1. The Bertz CT molecular complexity index is 623. The van der Waals surface area contributed by atoms with Crippen LogP contribution in [0.25, 0.3) is 0 Å². The highest BCUT2D eigenvalue weighted by Gasteiger charge is 2.27. The number of nitrogens with two attached hydrogens (primary N) is 1. The molecule has 1 aromatic carbocycles. The van der Waals surface area contributed by atoms with E-state index >= 15 is 0 Å². The number of carbonyl (C=O) groups excluding carboxylic acids is 2. The van der Waals surface area contributed by atoms with Crippen molar-refractivity contribution in [3.63, 3.8) is 0 Å². The van der Waals surface area contributed by atoms with Crippen molar-refractivity contribution in [2.75, 3.05) is 0 Å². The summed E-state index contributed by atoms with van der Waals surface area (Å²) in [6.07, 6.45) is 1.18. The van der Waals surface area contributed by atoms with E-state index in [1.165, 1.54) is 6.29 Å². The lowest BCUT2D eigenvalue weighted by atomic mass is 10.1. The van der Waals surface area contributed by atoms with Crippen LogP contribution in [0.15, 0.2) is 11.0 Å². The molecular weight excluding hydrogens is 268 g/mol. The average Bonchev–Trinajstić information content (AvgIpc) is 2.29. The van der Waals surface area contributed by atoms with Gasteiger partial charge in [0.1, 0.15) is 4.90 Å². The molecule has 0 aliphatic rings. The molecule has 97 valence electrons. The fourth-order valence-corrected chi connectivity index (χ4v) is 1.82. The molecule has 1 amide bonds. The van der Waals surface area contributed by atoms with E-state index in [-0.39, 0.29) is 0 Å². The molecule has 1 aromatic rings. The zero-order valence-electron chi connectivity index (χ0n) is 8.54. The second kappa shape index (κ2) is 4.60. The highest BCUT2D eigenvalue weighted by atomic mass is 32.2. The Balaban J connectivity index is 3.76. The van der Waals surface area contributed by atoms with Crippen LogP contribution in [0.5, 0.6) is 11.5 Å². The van der Waals surface area contributed by atoms with Crippen molar-refractivity contribution in [2.24, 2.45) is 5.84 Å². The van der Waals surface area contributed by atoms with E-state index in [0.717, 1.165) is 0 Å². The first-order valence-corrected chi connectivity index (χ1v) is 5.63. The first-order chi connectivity index (χ1) is 8.23. The molecule has 1 rings (SSSR count). The van der Waals surface area contributed by atoms with Gasteiger partial charge in [-0.05, 0) is 6.07 Å². The zero-order valence-corrected chi connectivity index (χ0v) is 9.35. The van der Waals surface area contributed by atoms with Gasteiger partial charge in [-0.1, -0.05) is 0 Å². The molecule has 0 saturated carbocycles. The number of phenolic OH excluding ortho intramolecular Hbond substituents is 2. The van der Waals surface area contributed by atoms with Crippen molar-refractivity contribution < 1.29 is 32.8 Å². The summed E-state index contributed by atoms with van der Waals surface area (Å²) in [4.78, 5) is 20.7. The summed E-state index contributed by atoms with van der Waals surface area (Å²) in [5.74, 6) is 1.13. The van der Waals surface area contributed by atoms with Gasteiger partial charge in [-0.2, -0.15) is 8.42 Å². The highest BCUT2D eigenvalue weighted by molar-refractivity contribution is 7.86. The summed E-state index contributed by atoms with van der Waals surface area (Å²) >= 11 is 0. The van der Waals surface area contributed by atoms with Gasteiger partial charge in [0.15, 0.2) is 11.5 Å². The van der Waals surface area contributed by atoms with Crippen molar-refractivity contribution in [1.82, 2.24) is 5.43 Å². The third-order valence-electron chi connectivity index (χ3n) is 1.99. The van der Waals surface area contributed by atoms with Crippen LogP contribution in [0.2, 0.25) is 0 Å². The average molecular weight is 275 g/mol. The van der Waals surface area contributed by atoms with Gasteiger partial charge < -0.3 is 10.2 Å². The maximum absolute atomic E-state index is 11.2. The van der Waals surface area contributed by atoms with Crippen molar-refractivity contribution in [2.45, 2.75) is 4.90 Å². The summed E-state index contributed by atoms with van der Waals surface area (Å²) in [6, 6.07) is 0.474.